The maximum Gasteiger partial charge on any atom is 0.0815 e. The Kier molecular flexibility index (Phi) is 2.25. The zero-order valence-electron chi connectivity index (χ0n) is 5.77. The van der Waals surface area contributed by atoms with Crippen LogP contribution in [0.25, 0.3) is 0 Å². The fraction of sp³-hybridized carbons (Fsp3) is 1.00. The largest absolute Gasteiger partial charge is 0.390 e. The lowest BCUT2D eigenvalue weighted by Gasteiger charge is -2.32. The van der Waals surface area contributed by atoms with Gasteiger partial charge in [-0.25, -0.2) is 0 Å². The van der Waals surface area contributed by atoms with Crippen LogP contribution in [0.1, 0.15) is 12.8 Å². The third kappa shape index (κ3) is 1.46. The van der Waals surface area contributed by atoms with E-state index in [0.717, 1.165) is 0 Å². The van der Waals surface area contributed by atoms with E-state index in [-0.39, 0.29) is 12.1 Å². The highest BCUT2D eigenvalue weighted by Gasteiger charge is 2.30. The molecule has 0 heterocycles. The van der Waals surface area contributed by atoms with Crippen molar-refractivity contribution in [2.45, 2.75) is 37.1 Å². The van der Waals surface area contributed by atoms with Crippen LogP contribution in [-0.4, -0.2) is 34.5 Å². The van der Waals surface area contributed by atoms with E-state index in [1.54, 1.807) is 0 Å². The van der Waals surface area contributed by atoms with Crippen molar-refractivity contribution in [2.75, 3.05) is 0 Å². The average molecular weight is 146 g/mol. The van der Waals surface area contributed by atoms with Crippen molar-refractivity contribution in [3.8, 4) is 0 Å². The van der Waals surface area contributed by atoms with Gasteiger partial charge in [-0.1, -0.05) is 0 Å². The van der Waals surface area contributed by atoms with Crippen LogP contribution in [0.4, 0.5) is 0 Å². The lowest BCUT2D eigenvalue weighted by Crippen LogP contribution is -2.52. The molecule has 1 fully saturated rings. The molecule has 1 aliphatic carbocycles. The van der Waals surface area contributed by atoms with E-state index < -0.39 is 12.2 Å². The molecule has 1 saturated carbocycles. The highest BCUT2D eigenvalue weighted by atomic mass is 16.3. The van der Waals surface area contributed by atoms with Crippen molar-refractivity contribution in [3.63, 3.8) is 0 Å². The maximum absolute atomic E-state index is 9.08. The lowest BCUT2D eigenvalue weighted by atomic mass is 9.87. The second kappa shape index (κ2) is 2.84. The van der Waals surface area contributed by atoms with Crippen LogP contribution in [0.5, 0.6) is 0 Å². The van der Waals surface area contributed by atoms with Crippen LogP contribution < -0.4 is 11.5 Å². The topological polar surface area (TPSA) is 92.5 Å². The van der Waals surface area contributed by atoms with E-state index in [9.17, 15) is 0 Å². The first-order valence-electron chi connectivity index (χ1n) is 3.48. The van der Waals surface area contributed by atoms with Crippen LogP contribution in [0.2, 0.25) is 0 Å². The zero-order chi connectivity index (χ0) is 7.72. The number of hydrogen-bond acceptors (Lipinski definition) is 4. The predicted molar refractivity (Wildman–Crippen MR) is 37.2 cm³/mol. The number of hydrogen-bond donors (Lipinski definition) is 4. The molecule has 4 heteroatoms. The normalized spacial score (nSPS) is 49.2. The molecule has 0 aliphatic heterocycles. The van der Waals surface area contributed by atoms with Crippen LogP contribution in [-0.2, 0) is 0 Å². The molecule has 0 amide bonds. The van der Waals surface area contributed by atoms with E-state index in [1.165, 1.54) is 0 Å². The third-order valence-corrected chi connectivity index (χ3v) is 2.02. The molecule has 60 valence electrons. The molecule has 0 aromatic carbocycles. The van der Waals surface area contributed by atoms with E-state index >= 15 is 0 Å². The van der Waals surface area contributed by atoms with Gasteiger partial charge in [0.2, 0.25) is 0 Å². The molecule has 0 spiro atoms. The molecule has 6 N–H and O–H groups in total. The van der Waals surface area contributed by atoms with E-state index in [0.29, 0.717) is 12.8 Å². The predicted octanol–water partition coefficient (Wildman–Crippen LogP) is -1.84. The Hall–Kier alpha value is -0.160. The van der Waals surface area contributed by atoms with Gasteiger partial charge in [-0.2, -0.15) is 0 Å². The molecule has 0 bridgehead atoms. The number of nitrogens with two attached hydrogens (primary N) is 2. The van der Waals surface area contributed by atoms with Crippen LogP contribution in [0, 0.1) is 0 Å². The molecular weight excluding hydrogens is 132 g/mol. The minimum Gasteiger partial charge on any atom is -0.390 e. The SMILES string of the molecule is N[C@@H]1C[C@H](O)[C@@H](O)C[C@H]1N. The summed E-state index contributed by atoms with van der Waals surface area (Å²) in [5.41, 5.74) is 11.1. The number of aliphatic hydroxyl groups excluding tert-OH is 2. The molecule has 1 aliphatic rings. The molecule has 10 heavy (non-hydrogen) atoms. The van der Waals surface area contributed by atoms with Gasteiger partial charge in [0, 0.05) is 12.1 Å². The average Bonchev–Trinajstić information content (AvgIpc) is 1.84. The summed E-state index contributed by atoms with van der Waals surface area (Å²) in [7, 11) is 0. The second-order valence-corrected chi connectivity index (χ2v) is 2.93. The second-order valence-electron chi connectivity index (χ2n) is 2.93. The van der Waals surface area contributed by atoms with Crippen LogP contribution in [0.15, 0.2) is 0 Å². The molecule has 0 saturated heterocycles. The summed E-state index contributed by atoms with van der Waals surface area (Å²) in [5.74, 6) is 0. The molecule has 0 aromatic rings. The molecule has 4 nitrogen and oxygen atoms in total. The quantitative estimate of drug-likeness (QED) is 0.323. The fourth-order valence-electron chi connectivity index (χ4n) is 1.22. The zero-order valence-corrected chi connectivity index (χ0v) is 5.77. The van der Waals surface area contributed by atoms with E-state index in [2.05, 4.69) is 0 Å². The molecule has 1 rings (SSSR count). The van der Waals surface area contributed by atoms with Crippen molar-refractivity contribution >= 4 is 0 Å². The van der Waals surface area contributed by atoms with Gasteiger partial charge in [0.1, 0.15) is 0 Å². The first-order valence-corrected chi connectivity index (χ1v) is 3.48. The number of rotatable bonds is 0. The highest BCUT2D eigenvalue weighted by molar-refractivity contribution is 4.89. The summed E-state index contributed by atoms with van der Waals surface area (Å²) in [5, 5.41) is 18.2. The van der Waals surface area contributed by atoms with Crippen molar-refractivity contribution < 1.29 is 10.2 Å². The minimum absolute atomic E-state index is 0.168. The van der Waals surface area contributed by atoms with Crippen molar-refractivity contribution in [1.29, 1.82) is 0 Å². The van der Waals surface area contributed by atoms with Crippen LogP contribution >= 0.6 is 0 Å². The number of aliphatic hydroxyl groups is 2. The first-order chi connectivity index (χ1) is 4.61. The van der Waals surface area contributed by atoms with E-state index in [1.807, 2.05) is 0 Å². The van der Waals surface area contributed by atoms with Gasteiger partial charge >= 0.3 is 0 Å². The standard InChI is InChI=1S/C6H14N2O2/c7-3-1-5(9)6(10)2-4(3)8/h3-6,9-10H,1-2,7-8H2/t3-,4-,5+,6+/m1/s1. The Labute approximate surface area is 59.8 Å². The van der Waals surface area contributed by atoms with Gasteiger partial charge in [-0.3, -0.25) is 0 Å². The minimum atomic E-state index is -0.685. The summed E-state index contributed by atoms with van der Waals surface area (Å²) < 4.78 is 0. The Balaban J connectivity index is 2.46. The first kappa shape index (κ1) is 7.94. The summed E-state index contributed by atoms with van der Waals surface area (Å²) >= 11 is 0. The summed E-state index contributed by atoms with van der Waals surface area (Å²) in [6.45, 7) is 0. The van der Waals surface area contributed by atoms with Crippen molar-refractivity contribution in [1.82, 2.24) is 0 Å². The van der Waals surface area contributed by atoms with E-state index in [4.69, 9.17) is 21.7 Å². The van der Waals surface area contributed by atoms with Crippen LogP contribution in [0.3, 0.4) is 0 Å². The Morgan fingerprint density at radius 2 is 1.20 bits per heavy atom. The Morgan fingerprint density at radius 1 is 0.900 bits per heavy atom. The molecule has 0 aromatic heterocycles. The summed E-state index contributed by atoms with van der Waals surface area (Å²) in [6, 6.07) is -0.336. The highest BCUT2D eigenvalue weighted by Crippen LogP contribution is 2.16. The smallest absolute Gasteiger partial charge is 0.0815 e. The van der Waals surface area contributed by atoms with Gasteiger partial charge in [-0.05, 0) is 12.8 Å². The van der Waals surface area contributed by atoms with Gasteiger partial charge in [0.05, 0.1) is 12.2 Å². The van der Waals surface area contributed by atoms with Gasteiger partial charge in [0.25, 0.3) is 0 Å². The Bertz CT molecular complexity index is 94.3. The monoisotopic (exact) mass is 146 g/mol. The fourth-order valence-corrected chi connectivity index (χ4v) is 1.22. The lowest BCUT2D eigenvalue weighted by molar-refractivity contribution is -0.0198. The summed E-state index contributed by atoms with van der Waals surface area (Å²) in [6.07, 6.45) is -0.561. The van der Waals surface area contributed by atoms with Crippen molar-refractivity contribution in [3.05, 3.63) is 0 Å². The maximum atomic E-state index is 9.08. The third-order valence-electron chi connectivity index (χ3n) is 2.02. The van der Waals surface area contributed by atoms with Gasteiger partial charge < -0.3 is 21.7 Å². The van der Waals surface area contributed by atoms with Gasteiger partial charge in [0.15, 0.2) is 0 Å². The summed E-state index contributed by atoms with van der Waals surface area (Å²) in [4.78, 5) is 0. The Morgan fingerprint density at radius 3 is 1.50 bits per heavy atom. The molecule has 0 unspecified atom stereocenters. The van der Waals surface area contributed by atoms with Crippen molar-refractivity contribution in [2.24, 2.45) is 11.5 Å². The molecular formula is C6H14N2O2. The van der Waals surface area contributed by atoms with Gasteiger partial charge in [-0.15, -0.1) is 0 Å². The molecule has 0 radical (unpaired) electrons. The molecule has 4 atom stereocenters.